The minimum Gasteiger partial charge on any atom is -0.207 e. The maximum Gasteiger partial charge on any atom is 0.261 e. The van der Waals surface area contributed by atoms with Crippen molar-refractivity contribution in [1.82, 2.24) is 0 Å². The standard InChI is InChI=1S/C9H7ClINO2S/c1-2-6-3-7(15(10,13)14)4-9(11)8(6)5-12/h3-4H,2H2,1H3. The smallest absolute Gasteiger partial charge is 0.207 e. The van der Waals surface area contributed by atoms with Crippen LogP contribution in [0.4, 0.5) is 0 Å². The largest absolute Gasteiger partial charge is 0.261 e. The lowest BCUT2D eigenvalue weighted by Gasteiger charge is -2.05. The first-order valence-electron chi connectivity index (χ1n) is 4.07. The van der Waals surface area contributed by atoms with Gasteiger partial charge in [0.2, 0.25) is 0 Å². The van der Waals surface area contributed by atoms with E-state index in [1.54, 1.807) is 0 Å². The molecule has 0 aromatic heterocycles. The Morgan fingerprint density at radius 2 is 2.13 bits per heavy atom. The first-order valence-corrected chi connectivity index (χ1v) is 7.46. The van der Waals surface area contributed by atoms with Crippen LogP contribution in [0.5, 0.6) is 0 Å². The Hall–Kier alpha value is -0.320. The van der Waals surface area contributed by atoms with Crippen molar-refractivity contribution in [3.05, 3.63) is 26.8 Å². The summed E-state index contributed by atoms with van der Waals surface area (Å²) in [5, 5.41) is 8.89. The van der Waals surface area contributed by atoms with Crippen LogP contribution in [-0.2, 0) is 15.5 Å². The van der Waals surface area contributed by atoms with E-state index in [2.05, 4.69) is 0 Å². The van der Waals surface area contributed by atoms with E-state index in [9.17, 15) is 8.42 Å². The quantitative estimate of drug-likeness (QED) is 0.605. The van der Waals surface area contributed by atoms with E-state index in [0.717, 1.165) is 0 Å². The predicted molar refractivity (Wildman–Crippen MR) is 66.3 cm³/mol. The maximum atomic E-state index is 11.1. The van der Waals surface area contributed by atoms with Gasteiger partial charge in [-0.15, -0.1) is 0 Å². The zero-order valence-corrected chi connectivity index (χ0v) is 11.5. The fraction of sp³-hybridized carbons (Fsp3) is 0.222. The van der Waals surface area contributed by atoms with Gasteiger partial charge >= 0.3 is 0 Å². The molecule has 1 aromatic carbocycles. The minimum atomic E-state index is -3.72. The highest BCUT2D eigenvalue weighted by molar-refractivity contribution is 14.1. The normalized spacial score (nSPS) is 11.1. The summed E-state index contributed by atoms with van der Waals surface area (Å²) < 4.78 is 22.9. The van der Waals surface area contributed by atoms with Crippen molar-refractivity contribution in [3.8, 4) is 6.07 Å². The molecule has 0 aliphatic carbocycles. The average Bonchev–Trinajstić information content (AvgIpc) is 2.15. The molecule has 80 valence electrons. The van der Waals surface area contributed by atoms with Gasteiger partial charge in [-0.2, -0.15) is 5.26 Å². The SMILES string of the molecule is CCc1cc(S(=O)(=O)Cl)cc(I)c1C#N. The zero-order chi connectivity index (χ0) is 11.6. The summed E-state index contributed by atoms with van der Waals surface area (Å²) in [5.41, 5.74) is 1.21. The minimum absolute atomic E-state index is 0.0458. The summed E-state index contributed by atoms with van der Waals surface area (Å²) in [6.45, 7) is 1.86. The van der Waals surface area contributed by atoms with Crippen LogP contribution in [0.1, 0.15) is 18.1 Å². The molecule has 0 aliphatic heterocycles. The Morgan fingerprint density at radius 3 is 2.53 bits per heavy atom. The molecule has 0 aliphatic rings. The van der Waals surface area contributed by atoms with Crippen molar-refractivity contribution in [3.63, 3.8) is 0 Å². The molecule has 0 heterocycles. The fourth-order valence-electron chi connectivity index (χ4n) is 1.18. The molecule has 6 heteroatoms. The van der Waals surface area contributed by atoms with Gasteiger partial charge < -0.3 is 0 Å². The van der Waals surface area contributed by atoms with E-state index in [1.807, 2.05) is 35.6 Å². The number of hydrogen-bond acceptors (Lipinski definition) is 3. The molecule has 1 rings (SSSR count). The molecule has 0 fully saturated rings. The van der Waals surface area contributed by atoms with Gasteiger partial charge in [-0.1, -0.05) is 6.92 Å². The van der Waals surface area contributed by atoms with Gasteiger partial charge in [0.15, 0.2) is 0 Å². The molecule has 0 spiro atoms. The van der Waals surface area contributed by atoms with Crippen molar-refractivity contribution in [2.24, 2.45) is 0 Å². The van der Waals surface area contributed by atoms with Crippen LogP contribution in [0, 0.1) is 14.9 Å². The first kappa shape index (κ1) is 12.7. The number of benzene rings is 1. The van der Waals surface area contributed by atoms with Crippen LogP contribution >= 0.6 is 33.3 Å². The predicted octanol–water partition coefficient (Wildman–Crippen LogP) is 2.65. The van der Waals surface area contributed by atoms with Crippen LogP contribution < -0.4 is 0 Å². The van der Waals surface area contributed by atoms with E-state index in [1.165, 1.54) is 12.1 Å². The highest BCUT2D eigenvalue weighted by atomic mass is 127. The van der Waals surface area contributed by atoms with Gasteiger partial charge in [-0.05, 0) is 46.7 Å². The number of halogens is 2. The molecule has 0 amide bonds. The number of aryl methyl sites for hydroxylation is 1. The van der Waals surface area contributed by atoms with Gasteiger partial charge in [-0.3, -0.25) is 0 Å². The molecular formula is C9H7ClINO2S. The summed E-state index contributed by atoms with van der Waals surface area (Å²) in [7, 11) is 1.52. The molecule has 0 unspecified atom stereocenters. The highest BCUT2D eigenvalue weighted by Crippen LogP contribution is 2.24. The monoisotopic (exact) mass is 355 g/mol. The molecule has 0 saturated carbocycles. The Kier molecular flexibility index (Phi) is 3.98. The third kappa shape index (κ3) is 2.83. The van der Waals surface area contributed by atoms with Gasteiger partial charge in [0.25, 0.3) is 9.05 Å². The Balaban J connectivity index is 3.54. The molecular weight excluding hydrogens is 349 g/mol. The summed E-state index contributed by atoms with van der Waals surface area (Å²) in [4.78, 5) is 0.0458. The summed E-state index contributed by atoms with van der Waals surface area (Å²) >= 11 is 1.93. The van der Waals surface area contributed by atoms with E-state index < -0.39 is 9.05 Å². The van der Waals surface area contributed by atoms with Crippen molar-refractivity contribution < 1.29 is 8.42 Å². The molecule has 0 N–H and O–H groups in total. The number of hydrogen-bond donors (Lipinski definition) is 0. The third-order valence-corrected chi connectivity index (χ3v) is 4.10. The van der Waals surface area contributed by atoms with Crippen molar-refractivity contribution in [1.29, 1.82) is 5.26 Å². The number of nitrogens with zero attached hydrogens (tertiary/aromatic N) is 1. The second kappa shape index (κ2) is 4.68. The Morgan fingerprint density at radius 1 is 1.53 bits per heavy atom. The number of rotatable bonds is 2. The molecule has 3 nitrogen and oxygen atoms in total. The van der Waals surface area contributed by atoms with Gasteiger partial charge in [-0.25, -0.2) is 8.42 Å². The lowest BCUT2D eigenvalue weighted by atomic mass is 10.1. The van der Waals surface area contributed by atoms with Crippen LogP contribution in [0.15, 0.2) is 17.0 Å². The fourth-order valence-corrected chi connectivity index (χ4v) is 3.00. The first-order chi connectivity index (χ1) is 6.90. The van der Waals surface area contributed by atoms with Gasteiger partial charge in [0.1, 0.15) is 6.07 Å². The highest BCUT2D eigenvalue weighted by Gasteiger charge is 2.15. The van der Waals surface area contributed by atoms with E-state index in [0.29, 0.717) is 21.1 Å². The molecule has 1 aromatic rings. The molecule has 0 bridgehead atoms. The van der Waals surface area contributed by atoms with Crippen molar-refractivity contribution >= 4 is 42.3 Å². The zero-order valence-electron chi connectivity index (χ0n) is 7.79. The van der Waals surface area contributed by atoms with Crippen molar-refractivity contribution in [2.75, 3.05) is 0 Å². The third-order valence-electron chi connectivity index (χ3n) is 1.92. The lowest BCUT2D eigenvalue weighted by molar-refractivity contribution is 0.609. The van der Waals surface area contributed by atoms with E-state index >= 15 is 0 Å². The van der Waals surface area contributed by atoms with Gasteiger partial charge in [0.05, 0.1) is 10.5 Å². The second-order valence-electron chi connectivity index (χ2n) is 2.84. The van der Waals surface area contributed by atoms with Crippen LogP contribution in [-0.4, -0.2) is 8.42 Å². The number of nitriles is 1. The lowest BCUT2D eigenvalue weighted by Crippen LogP contribution is -1.98. The molecule has 0 atom stereocenters. The topological polar surface area (TPSA) is 57.9 Å². The second-order valence-corrected chi connectivity index (χ2v) is 6.57. The molecule has 0 saturated heterocycles. The summed E-state index contributed by atoms with van der Waals surface area (Å²) in [6, 6.07) is 4.90. The Labute approximate surface area is 107 Å². The van der Waals surface area contributed by atoms with E-state index in [4.69, 9.17) is 15.9 Å². The average molecular weight is 356 g/mol. The van der Waals surface area contributed by atoms with Crippen molar-refractivity contribution in [2.45, 2.75) is 18.2 Å². The van der Waals surface area contributed by atoms with Gasteiger partial charge in [0, 0.05) is 14.3 Å². The summed E-state index contributed by atoms with van der Waals surface area (Å²) in [6.07, 6.45) is 0.596. The molecule has 0 radical (unpaired) electrons. The maximum absolute atomic E-state index is 11.1. The van der Waals surface area contributed by atoms with Crippen LogP contribution in [0.2, 0.25) is 0 Å². The van der Waals surface area contributed by atoms with Crippen LogP contribution in [0.3, 0.4) is 0 Å². The van der Waals surface area contributed by atoms with E-state index in [-0.39, 0.29) is 4.90 Å². The molecule has 15 heavy (non-hydrogen) atoms. The van der Waals surface area contributed by atoms with Crippen LogP contribution in [0.25, 0.3) is 0 Å². The Bertz CT molecular complexity index is 534. The summed E-state index contributed by atoms with van der Waals surface area (Å²) in [5.74, 6) is 0.